The Bertz CT molecular complexity index is 630. The number of ether oxygens (including phenoxy) is 1. The molecule has 20 heavy (non-hydrogen) atoms. The highest BCUT2D eigenvalue weighted by Gasteiger charge is 2.19. The summed E-state index contributed by atoms with van der Waals surface area (Å²) >= 11 is 0. The molecule has 0 radical (unpaired) electrons. The Morgan fingerprint density at radius 3 is 2.75 bits per heavy atom. The van der Waals surface area contributed by atoms with Gasteiger partial charge in [-0.25, -0.2) is 4.98 Å². The third-order valence-corrected chi connectivity index (χ3v) is 2.98. The van der Waals surface area contributed by atoms with Crippen LogP contribution in [-0.4, -0.2) is 26.4 Å². The van der Waals surface area contributed by atoms with Crippen molar-refractivity contribution in [2.45, 2.75) is 26.9 Å². The van der Waals surface area contributed by atoms with Gasteiger partial charge in [0.2, 0.25) is 0 Å². The molecule has 0 aromatic carbocycles. The molecule has 0 saturated heterocycles. The minimum Gasteiger partial charge on any atom is -0.370 e. The summed E-state index contributed by atoms with van der Waals surface area (Å²) in [5.41, 5.74) is 1.25. The molecule has 0 aliphatic heterocycles. The van der Waals surface area contributed by atoms with Crippen molar-refractivity contribution in [3.05, 3.63) is 34.6 Å². The number of rotatable bonds is 5. The van der Waals surface area contributed by atoms with Gasteiger partial charge in [-0.1, -0.05) is 13.8 Å². The van der Waals surface area contributed by atoms with E-state index < -0.39 is 0 Å². The van der Waals surface area contributed by atoms with Gasteiger partial charge in [-0.2, -0.15) is 5.10 Å². The van der Waals surface area contributed by atoms with E-state index in [2.05, 4.69) is 15.1 Å². The molecule has 6 heteroatoms. The van der Waals surface area contributed by atoms with E-state index in [1.165, 1.54) is 6.07 Å². The van der Waals surface area contributed by atoms with Gasteiger partial charge in [0.25, 0.3) is 5.56 Å². The maximum absolute atomic E-state index is 11.8. The number of aromatic nitrogens is 4. The molecular formula is C14H20N4O2. The molecule has 1 atom stereocenters. The highest BCUT2D eigenvalue weighted by molar-refractivity contribution is 5.56. The summed E-state index contributed by atoms with van der Waals surface area (Å²) < 4.78 is 7.37. The first kappa shape index (κ1) is 14.5. The minimum atomic E-state index is -0.218. The van der Waals surface area contributed by atoms with Crippen LogP contribution in [0, 0.1) is 5.92 Å². The minimum absolute atomic E-state index is 0.181. The normalized spacial score (nSPS) is 12.8. The van der Waals surface area contributed by atoms with Crippen LogP contribution in [0.4, 0.5) is 0 Å². The molecule has 2 heterocycles. The average molecular weight is 276 g/mol. The van der Waals surface area contributed by atoms with E-state index in [-0.39, 0.29) is 17.6 Å². The summed E-state index contributed by atoms with van der Waals surface area (Å²) in [6.07, 6.45) is 3.30. The van der Waals surface area contributed by atoms with Crippen LogP contribution >= 0.6 is 0 Å². The summed E-state index contributed by atoms with van der Waals surface area (Å²) in [7, 11) is 1.83. The molecule has 0 saturated carbocycles. The van der Waals surface area contributed by atoms with Gasteiger partial charge in [0.05, 0.1) is 11.9 Å². The zero-order valence-corrected chi connectivity index (χ0v) is 12.3. The standard InChI is InChI=1S/C14H20N4O2/c1-5-20-13(9(2)3)14-16-11(6-12(19)17-14)10-7-15-18(4)8-10/h6-9,13H,5H2,1-4H3,(H,16,17,19). The summed E-state index contributed by atoms with van der Waals surface area (Å²) in [6, 6.07) is 1.48. The summed E-state index contributed by atoms with van der Waals surface area (Å²) in [5, 5.41) is 4.10. The SMILES string of the molecule is CCOC(c1nc(-c2cnn(C)c2)cc(=O)[nH]1)C(C)C. The van der Waals surface area contributed by atoms with Gasteiger partial charge in [0.15, 0.2) is 0 Å². The summed E-state index contributed by atoms with van der Waals surface area (Å²) in [5.74, 6) is 0.787. The van der Waals surface area contributed by atoms with Gasteiger partial charge in [0.1, 0.15) is 11.9 Å². The molecule has 1 N–H and O–H groups in total. The molecule has 2 rings (SSSR count). The van der Waals surface area contributed by atoms with Gasteiger partial charge >= 0.3 is 0 Å². The highest BCUT2D eigenvalue weighted by Crippen LogP contribution is 2.24. The van der Waals surface area contributed by atoms with Gasteiger partial charge in [-0.15, -0.1) is 0 Å². The number of aromatic amines is 1. The molecule has 0 aliphatic carbocycles. The fourth-order valence-corrected chi connectivity index (χ4v) is 2.08. The third-order valence-electron chi connectivity index (χ3n) is 2.98. The van der Waals surface area contributed by atoms with Crippen molar-refractivity contribution in [3.8, 4) is 11.3 Å². The van der Waals surface area contributed by atoms with E-state index >= 15 is 0 Å². The highest BCUT2D eigenvalue weighted by atomic mass is 16.5. The van der Waals surface area contributed by atoms with E-state index in [0.717, 1.165) is 5.56 Å². The molecule has 0 aliphatic rings. The van der Waals surface area contributed by atoms with Crippen LogP contribution in [-0.2, 0) is 11.8 Å². The predicted molar refractivity (Wildman–Crippen MR) is 76.3 cm³/mol. The van der Waals surface area contributed by atoms with Gasteiger partial charge in [0, 0.05) is 31.5 Å². The van der Waals surface area contributed by atoms with Crippen LogP contribution in [0.5, 0.6) is 0 Å². The number of aryl methyl sites for hydroxylation is 1. The van der Waals surface area contributed by atoms with Gasteiger partial charge in [-0.3, -0.25) is 9.48 Å². The number of hydrogen-bond acceptors (Lipinski definition) is 4. The molecular weight excluding hydrogens is 256 g/mol. The summed E-state index contributed by atoms with van der Waals surface area (Å²) in [4.78, 5) is 19.1. The lowest BCUT2D eigenvalue weighted by Crippen LogP contribution is -2.19. The van der Waals surface area contributed by atoms with Crippen molar-refractivity contribution in [2.75, 3.05) is 6.61 Å². The topological polar surface area (TPSA) is 72.8 Å². The predicted octanol–water partition coefficient (Wildman–Crippen LogP) is 1.90. The Balaban J connectivity index is 2.45. The van der Waals surface area contributed by atoms with Crippen molar-refractivity contribution in [1.82, 2.24) is 19.7 Å². The first-order valence-corrected chi connectivity index (χ1v) is 6.73. The zero-order chi connectivity index (χ0) is 14.7. The van der Waals surface area contributed by atoms with Crippen LogP contribution in [0.2, 0.25) is 0 Å². The number of hydrogen-bond donors (Lipinski definition) is 1. The van der Waals surface area contributed by atoms with E-state index in [4.69, 9.17) is 4.74 Å². The molecule has 0 amide bonds. The van der Waals surface area contributed by atoms with E-state index in [9.17, 15) is 4.79 Å². The summed E-state index contributed by atoms with van der Waals surface area (Å²) in [6.45, 7) is 6.58. The van der Waals surface area contributed by atoms with Crippen molar-refractivity contribution >= 4 is 0 Å². The van der Waals surface area contributed by atoms with Crippen molar-refractivity contribution in [3.63, 3.8) is 0 Å². The number of nitrogens with one attached hydrogen (secondary N) is 1. The van der Waals surface area contributed by atoms with Gasteiger partial charge in [-0.05, 0) is 12.8 Å². The monoisotopic (exact) mass is 276 g/mol. The quantitative estimate of drug-likeness (QED) is 0.905. The molecule has 108 valence electrons. The smallest absolute Gasteiger partial charge is 0.251 e. The third kappa shape index (κ3) is 3.14. The first-order valence-electron chi connectivity index (χ1n) is 6.73. The second-order valence-electron chi connectivity index (χ2n) is 5.04. The Morgan fingerprint density at radius 1 is 1.45 bits per heavy atom. The maximum Gasteiger partial charge on any atom is 0.251 e. The second-order valence-corrected chi connectivity index (χ2v) is 5.04. The Labute approximate surface area is 117 Å². The van der Waals surface area contributed by atoms with E-state index in [1.54, 1.807) is 10.9 Å². The Hall–Kier alpha value is -1.95. The zero-order valence-electron chi connectivity index (χ0n) is 12.3. The molecule has 0 spiro atoms. The van der Waals surface area contributed by atoms with Crippen LogP contribution in [0.3, 0.4) is 0 Å². The first-order chi connectivity index (χ1) is 9.51. The molecule has 0 fully saturated rings. The molecule has 0 bridgehead atoms. The second kappa shape index (κ2) is 6.00. The van der Waals surface area contributed by atoms with Crippen molar-refractivity contribution < 1.29 is 4.74 Å². The Kier molecular flexibility index (Phi) is 4.34. The lowest BCUT2D eigenvalue weighted by molar-refractivity contribution is 0.0231. The lowest BCUT2D eigenvalue weighted by Gasteiger charge is -2.20. The number of H-pyrrole nitrogens is 1. The number of nitrogens with zero attached hydrogens (tertiary/aromatic N) is 3. The van der Waals surface area contributed by atoms with Crippen molar-refractivity contribution in [1.29, 1.82) is 0 Å². The fraction of sp³-hybridized carbons (Fsp3) is 0.500. The van der Waals surface area contributed by atoms with Crippen LogP contribution in [0.15, 0.2) is 23.3 Å². The largest absolute Gasteiger partial charge is 0.370 e. The molecule has 1 unspecified atom stereocenters. The molecule has 2 aromatic heterocycles. The molecule has 6 nitrogen and oxygen atoms in total. The van der Waals surface area contributed by atoms with Crippen LogP contribution in [0.25, 0.3) is 11.3 Å². The lowest BCUT2D eigenvalue weighted by atomic mass is 10.1. The maximum atomic E-state index is 11.8. The molecule has 2 aromatic rings. The van der Waals surface area contributed by atoms with E-state index in [1.807, 2.05) is 34.0 Å². The van der Waals surface area contributed by atoms with Gasteiger partial charge < -0.3 is 9.72 Å². The van der Waals surface area contributed by atoms with Crippen LogP contribution < -0.4 is 5.56 Å². The van der Waals surface area contributed by atoms with Crippen molar-refractivity contribution in [2.24, 2.45) is 13.0 Å². The fourth-order valence-electron chi connectivity index (χ4n) is 2.08. The average Bonchev–Trinajstić information content (AvgIpc) is 2.81. The van der Waals surface area contributed by atoms with E-state index in [0.29, 0.717) is 18.1 Å². The Morgan fingerprint density at radius 2 is 2.20 bits per heavy atom. The van der Waals surface area contributed by atoms with Crippen LogP contribution in [0.1, 0.15) is 32.7 Å².